The molecule has 1 saturated carbocycles. The number of nitrogens with one attached hydrogen (secondary N) is 1. The van der Waals surface area contributed by atoms with Gasteiger partial charge in [-0.3, -0.25) is 9.78 Å². The van der Waals surface area contributed by atoms with Crippen LogP contribution in [0.2, 0.25) is 0 Å². The van der Waals surface area contributed by atoms with Crippen LogP contribution in [0.15, 0.2) is 36.7 Å². The Bertz CT molecular complexity index is 621. The summed E-state index contributed by atoms with van der Waals surface area (Å²) in [5, 5.41) is 5.07. The zero-order valence-electron chi connectivity index (χ0n) is 11.4. The summed E-state index contributed by atoms with van der Waals surface area (Å²) >= 11 is 0. The van der Waals surface area contributed by atoms with Gasteiger partial charge in [0.25, 0.3) is 0 Å². The third-order valence-electron chi connectivity index (χ3n) is 4.10. The van der Waals surface area contributed by atoms with Crippen LogP contribution < -0.4 is 11.1 Å². The van der Waals surface area contributed by atoms with Crippen molar-refractivity contribution in [3.8, 4) is 0 Å². The van der Waals surface area contributed by atoms with E-state index in [1.165, 1.54) is 0 Å². The molecule has 4 nitrogen and oxygen atoms in total. The van der Waals surface area contributed by atoms with E-state index in [1.807, 2.05) is 24.3 Å². The summed E-state index contributed by atoms with van der Waals surface area (Å²) in [6.07, 6.45) is 7.58. The molecule has 1 aliphatic carbocycles. The Morgan fingerprint density at radius 2 is 2.10 bits per heavy atom. The van der Waals surface area contributed by atoms with Gasteiger partial charge < -0.3 is 11.1 Å². The lowest BCUT2D eigenvalue weighted by atomic mass is 9.84. The van der Waals surface area contributed by atoms with Gasteiger partial charge in [-0.05, 0) is 30.4 Å². The van der Waals surface area contributed by atoms with Gasteiger partial charge in [0.15, 0.2) is 0 Å². The van der Waals surface area contributed by atoms with E-state index in [0.717, 1.165) is 42.1 Å². The van der Waals surface area contributed by atoms with E-state index in [4.69, 9.17) is 5.73 Å². The first-order chi connectivity index (χ1) is 9.75. The zero-order valence-corrected chi connectivity index (χ0v) is 11.4. The van der Waals surface area contributed by atoms with Crippen molar-refractivity contribution in [1.82, 2.24) is 4.98 Å². The quantitative estimate of drug-likeness (QED) is 0.880. The number of nitrogens with two attached hydrogens (primary N) is 1. The monoisotopic (exact) mass is 269 g/mol. The number of pyridine rings is 1. The van der Waals surface area contributed by atoms with E-state index in [-0.39, 0.29) is 17.9 Å². The molecule has 3 N–H and O–H groups in total. The SMILES string of the molecule is NC1CCCCC1C(=O)Nc1cccc2ccncc12. The van der Waals surface area contributed by atoms with Crippen molar-refractivity contribution in [2.45, 2.75) is 31.7 Å². The molecule has 1 aromatic carbocycles. The van der Waals surface area contributed by atoms with E-state index >= 15 is 0 Å². The van der Waals surface area contributed by atoms with Crippen molar-refractivity contribution in [2.75, 3.05) is 5.32 Å². The summed E-state index contributed by atoms with van der Waals surface area (Å²) in [5.74, 6) is -0.0377. The molecule has 4 heteroatoms. The molecule has 1 aromatic heterocycles. The van der Waals surface area contributed by atoms with Gasteiger partial charge in [0, 0.05) is 23.8 Å². The summed E-state index contributed by atoms with van der Waals surface area (Å²) in [7, 11) is 0. The number of nitrogens with zero attached hydrogens (tertiary/aromatic N) is 1. The second-order valence-electron chi connectivity index (χ2n) is 5.45. The number of fused-ring (bicyclic) bond motifs is 1. The summed E-state index contributed by atoms with van der Waals surface area (Å²) in [5.41, 5.74) is 6.89. The molecule has 0 aliphatic heterocycles. The molecule has 3 rings (SSSR count). The number of hydrogen-bond acceptors (Lipinski definition) is 3. The number of amides is 1. The number of benzene rings is 1. The fraction of sp³-hybridized carbons (Fsp3) is 0.375. The molecule has 20 heavy (non-hydrogen) atoms. The lowest BCUT2D eigenvalue weighted by Gasteiger charge is -2.27. The van der Waals surface area contributed by atoms with E-state index in [2.05, 4.69) is 10.3 Å². The van der Waals surface area contributed by atoms with Gasteiger partial charge in [0.1, 0.15) is 0 Å². The third kappa shape index (κ3) is 2.51. The molecule has 2 atom stereocenters. The van der Waals surface area contributed by atoms with Crippen LogP contribution in [-0.4, -0.2) is 16.9 Å². The molecule has 1 heterocycles. The highest BCUT2D eigenvalue weighted by Gasteiger charge is 2.28. The Labute approximate surface area is 118 Å². The highest BCUT2D eigenvalue weighted by molar-refractivity contribution is 6.02. The molecule has 2 unspecified atom stereocenters. The maximum absolute atomic E-state index is 12.4. The third-order valence-corrected chi connectivity index (χ3v) is 4.10. The van der Waals surface area contributed by atoms with Crippen LogP contribution >= 0.6 is 0 Å². The first-order valence-corrected chi connectivity index (χ1v) is 7.15. The maximum atomic E-state index is 12.4. The van der Waals surface area contributed by atoms with E-state index in [1.54, 1.807) is 12.4 Å². The predicted octanol–water partition coefficient (Wildman–Crippen LogP) is 2.69. The lowest BCUT2D eigenvalue weighted by Crippen LogP contribution is -2.40. The summed E-state index contributed by atoms with van der Waals surface area (Å²) in [4.78, 5) is 16.5. The van der Waals surface area contributed by atoms with Crippen LogP contribution in [0.3, 0.4) is 0 Å². The van der Waals surface area contributed by atoms with Gasteiger partial charge in [-0.15, -0.1) is 0 Å². The van der Waals surface area contributed by atoms with Crippen LogP contribution in [0.5, 0.6) is 0 Å². The molecule has 1 fully saturated rings. The summed E-state index contributed by atoms with van der Waals surface area (Å²) < 4.78 is 0. The minimum atomic E-state index is -0.0734. The van der Waals surface area contributed by atoms with Crippen molar-refractivity contribution in [3.63, 3.8) is 0 Å². The van der Waals surface area contributed by atoms with Crippen LogP contribution in [-0.2, 0) is 4.79 Å². The number of rotatable bonds is 2. The van der Waals surface area contributed by atoms with Gasteiger partial charge in [0.2, 0.25) is 5.91 Å². The highest BCUT2D eigenvalue weighted by atomic mass is 16.1. The molecular weight excluding hydrogens is 250 g/mol. The van der Waals surface area contributed by atoms with Crippen LogP contribution in [0.25, 0.3) is 10.8 Å². The lowest BCUT2D eigenvalue weighted by molar-refractivity contribution is -0.121. The maximum Gasteiger partial charge on any atom is 0.229 e. The molecule has 0 bridgehead atoms. The summed E-state index contributed by atoms with van der Waals surface area (Å²) in [6.45, 7) is 0. The van der Waals surface area contributed by atoms with Crippen LogP contribution in [0.1, 0.15) is 25.7 Å². The van der Waals surface area contributed by atoms with Gasteiger partial charge in [-0.1, -0.05) is 25.0 Å². The Balaban J connectivity index is 1.84. The number of hydrogen-bond donors (Lipinski definition) is 2. The largest absolute Gasteiger partial charge is 0.327 e. The average molecular weight is 269 g/mol. The van der Waals surface area contributed by atoms with Crippen LogP contribution in [0.4, 0.5) is 5.69 Å². The van der Waals surface area contributed by atoms with Crippen molar-refractivity contribution in [1.29, 1.82) is 0 Å². The molecule has 2 aromatic rings. The minimum absolute atomic E-state index is 0.0168. The van der Waals surface area contributed by atoms with Gasteiger partial charge >= 0.3 is 0 Å². The number of anilines is 1. The molecule has 1 amide bonds. The van der Waals surface area contributed by atoms with Gasteiger partial charge in [-0.25, -0.2) is 0 Å². The zero-order chi connectivity index (χ0) is 13.9. The van der Waals surface area contributed by atoms with Crippen molar-refractivity contribution >= 4 is 22.4 Å². The second-order valence-corrected chi connectivity index (χ2v) is 5.45. The molecule has 0 spiro atoms. The number of aromatic nitrogens is 1. The highest BCUT2D eigenvalue weighted by Crippen LogP contribution is 2.27. The Morgan fingerprint density at radius 3 is 2.95 bits per heavy atom. The second kappa shape index (κ2) is 5.59. The standard InChI is InChI=1S/C16H19N3O/c17-14-6-2-1-5-12(14)16(20)19-15-7-3-4-11-8-9-18-10-13(11)15/h3-4,7-10,12,14H,1-2,5-6,17H2,(H,19,20). The molecule has 1 aliphatic rings. The van der Waals surface area contributed by atoms with Crippen molar-refractivity contribution in [2.24, 2.45) is 11.7 Å². The average Bonchev–Trinajstić information content (AvgIpc) is 2.48. The fourth-order valence-electron chi connectivity index (χ4n) is 2.93. The smallest absolute Gasteiger partial charge is 0.229 e. The molecular formula is C16H19N3O. The van der Waals surface area contributed by atoms with Crippen molar-refractivity contribution < 1.29 is 4.79 Å². The fourth-order valence-corrected chi connectivity index (χ4v) is 2.93. The number of carbonyl (C=O) groups is 1. The Morgan fingerprint density at radius 1 is 1.25 bits per heavy atom. The molecule has 0 radical (unpaired) electrons. The van der Waals surface area contributed by atoms with E-state index in [0.29, 0.717) is 0 Å². The first-order valence-electron chi connectivity index (χ1n) is 7.15. The molecule has 104 valence electrons. The number of carbonyl (C=O) groups excluding carboxylic acids is 1. The minimum Gasteiger partial charge on any atom is -0.327 e. The Kier molecular flexibility index (Phi) is 3.65. The molecule has 0 saturated heterocycles. The Hall–Kier alpha value is -1.94. The van der Waals surface area contributed by atoms with Gasteiger partial charge in [0.05, 0.1) is 11.6 Å². The summed E-state index contributed by atoms with van der Waals surface area (Å²) in [6, 6.07) is 7.79. The van der Waals surface area contributed by atoms with E-state index < -0.39 is 0 Å². The normalized spacial score (nSPS) is 22.6. The van der Waals surface area contributed by atoms with E-state index in [9.17, 15) is 4.79 Å². The van der Waals surface area contributed by atoms with Crippen LogP contribution in [0, 0.1) is 5.92 Å². The first kappa shape index (κ1) is 13.1. The topological polar surface area (TPSA) is 68.0 Å². The van der Waals surface area contributed by atoms with Gasteiger partial charge in [-0.2, -0.15) is 0 Å². The predicted molar refractivity (Wildman–Crippen MR) is 80.3 cm³/mol. The van der Waals surface area contributed by atoms with Crippen molar-refractivity contribution in [3.05, 3.63) is 36.7 Å².